The van der Waals surface area contributed by atoms with Crippen molar-refractivity contribution in [3.8, 4) is 5.75 Å². The van der Waals surface area contributed by atoms with Crippen molar-refractivity contribution >= 4 is 23.4 Å². The standard InChI is InChI=1S/C29H31NO5/c1-13-9-16(10-14(2)25(13)32)22-17-7-8-18-23(28(35)30(27(18)34)29(4,5)6)19(17)12-20-21(31)11-15(3)26(33)24(20)22/h7,9-11,18-19,22-23,32H,8,12H2,1-6H3. The van der Waals surface area contributed by atoms with E-state index >= 15 is 0 Å². The quantitative estimate of drug-likeness (QED) is 0.374. The maximum Gasteiger partial charge on any atom is 0.234 e. The number of allylic oxidation sites excluding steroid dienone is 6. The van der Waals surface area contributed by atoms with Crippen LogP contribution in [0.3, 0.4) is 0 Å². The molecule has 182 valence electrons. The third-order valence-electron chi connectivity index (χ3n) is 8.08. The van der Waals surface area contributed by atoms with Gasteiger partial charge in [0, 0.05) is 28.2 Å². The number of carbonyl (C=O) groups is 4. The second kappa shape index (κ2) is 7.61. The molecule has 0 saturated carbocycles. The Morgan fingerprint density at radius 2 is 1.57 bits per heavy atom. The van der Waals surface area contributed by atoms with Crippen molar-refractivity contribution in [2.45, 2.75) is 65.8 Å². The van der Waals surface area contributed by atoms with Crippen LogP contribution in [0, 0.1) is 31.6 Å². The van der Waals surface area contributed by atoms with Gasteiger partial charge in [0.05, 0.1) is 11.8 Å². The topological polar surface area (TPSA) is 91.8 Å². The third-order valence-corrected chi connectivity index (χ3v) is 8.08. The maximum atomic E-state index is 13.7. The number of rotatable bonds is 1. The number of hydrogen-bond acceptors (Lipinski definition) is 5. The van der Waals surface area contributed by atoms with E-state index in [1.807, 2.05) is 52.8 Å². The first-order valence-electron chi connectivity index (χ1n) is 12.2. The summed E-state index contributed by atoms with van der Waals surface area (Å²) in [5.74, 6) is -2.32. The summed E-state index contributed by atoms with van der Waals surface area (Å²) < 4.78 is 0. The average molecular weight is 474 g/mol. The molecule has 1 saturated heterocycles. The predicted molar refractivity (Wildman–Crippen MR) is 131 cm³/mol. The lowest BCUT2D eigenvalue weighted by atomic mass is 9.59. The van der Waals surface area contributed by atoms with Crippen LogP contribution in [0.2, 0.25) is 0 Å². The summed E-state index contributed by atoms with van der Waals surface area (Å²) in [7, 11) is 0. The number of likely N-dealkylation sites (tertiary alicyclic amines) is 1. The Kier molecular flexibility index (Phi) is 5.10. The number of aromatic hydroxyl groups is 1. The monoisotopic (exact) mass is 473 g/mol. The van der Waals surface area contributed by atoms with Crippen molar-refractivity contribution in [1.82, 2.24) is 4.90 Å². The fourth-order valence-corrected chi connectivity index (χ4v) is 6.56. The number of amides is 2. The van der Waals surface area contributed by atoms with Crippen LogP contribution in [-0.4, -0.2) is 38.9 Å². The molecule has 4 unspecified atom stereocenters. The van der Waals surface area contributed by atoms with Crippen molar-refractivity contribution in [3.05, 3.63) is 63.3 Å². The van der Waals surface area contributed by atoms with Crippen LogP contribution >= 0.6 is 0 Å². The van der Waals surface area contributed by atoms with Gasteiger partial charge in [-0.25, -0.2) is 0 Å². The molecule has 0 radical (unpaired) electrons. The predicted octanol–water partition coefficient (Wildman–Crippen LogP) is 4.24. The minimum atomic E-state index is -0.633. The number of phenolic OH excluding ortho intramolecular Hbond substituents is 1. The molecule has 1 aromatic carbocycles. The van der Waals surface area contributed by atoms with Gasteiger partial charge in [-0.2, -0.15) is 0 Å². The van der Waals surface area contributed by atoms with Crippen LogP contribution < -0.4 is 0 Å². The molecule has 1 fully saturated rings. The molecule has 6 nitrogen and oxygen atoms in total. The highest BCUT2D eigenvalue weighted by Gasteiger charge is 2.58. The third kappa shape index (κ3) is 3.29. The van der Waals surface area contributed by atoms with Crippen LogP contribution in [0.25, 0.3) is 0 Å². The van der Waals surface area contributed by atoms with Crippen LogP contribution in [0.1, 0.15) is 63.1 Å². The summed E-state index contributed by atoms with van der Waals surface area (Å²) in [6.07, 6.45) is 4.13. The smallest absolute Gasteiger partial charge is 0.234 e. The largest absolute Gasteiger partial charge is 0.507 e. The molecule has 1 aromatic rings. The van der Waals surface area contributed by atoms with Gasteiger partial charge in [-0.05, 0) is 83.1 Å². The number of benzene rings is 1. The lowest BCUT2D eigenvalue weighted by Gasteiger charge is -2.42. The Labute approximate surface area is 205 Å². The van der Waals surface area contributed by atoms with E-state index < -0.39 is 23.3 Å². The second-order valence-electron chi connectivity index (χ2n) is 11.4. The number of imide groups is 1. The highest BCUT2D eigenvalue weighted by atomic mass is 16.3. The van der Waals surface area contributed by atoms with Gasteiger partial charge in [-0.3, -0.25) is 24.1 Å². The summed E-state index contributed by atoms with van der Waals surface area (Å²) in [6.45, 7) is 10.9. The van der Waals surface area contributed by atoms with Gasteiger partial charge in [-0.15, -0.1) is 0 Å². The molecule has 6 heteroatoms. The fraction of sp³-hybridized carbons (Fsp3) is 0.448. The van der Waals surface area contributed by atoms with Gasteiger partial charge in [0.15, 0.2) is 11.6 Å². The number of phenols is 1. The molecule has 0 spiro atoms. The van der Waals surface area contributed by atoms with Gasteiger partial charge in [0.1, 0.15) is 5.75 Å². The second-order valence-corrected chi connectivity index (χ2v) is 11.4. The molecule has 0 aromatic heterocycles. The van der Waals surface area contributed by atoms with Crippen LogP contribution in [0.5, 0.6) is 5.75 Å². The molecule has 35 heavy (non-hydrogen) atoms. The van der Waals surface area contributed by atoms with Gasteiger partial charge in [0.25, 0.3) is 0 Å². The zero-order valence-electron chi connectivity index (χ0n) is 21.1. The highest BCUT2D eigenvalue weighted by Crippen LogP contribution is 2.56. The van der Waals surface area contributed by atoms with Crippen LogP contribution in [0.15, 0.2) is 46.6 Å². The minimum Gasteiger partial charge on any atom is -0.507 e. The lowest BCUT2D eigenvalue weighted by Crippen LogP contribution is -2.46. The van der Waals surface area contributed by atoms with Crippen LogP contribution in [-0.2, 0) is 19.2 Å². The number of fused-ring (bicyclic) bond motifs is 3. The summed E-state index contributed by atoms with van der Waals surface area (Å²) >= 11 is 0. The van der Waals surface area contributed by atoms with Crippen molar-refractivity contribution in [2.24, 2.45) is 17.8 Å². The first-order valence-corrected chi connectivity index (χ1v) is 12.2. The number of carbonyl (C=O) groups excluding carboxylic acids is 4. The summed E-state index contributed by atoms with van der Waals surface area (Å²) in [6, 6.07) is 3.73. The van der Waals surface area contributed by atoms with E-state index in [2.05, 4.69) is 0 Å². The summed E-state index contributed by atoms with van der Waals surface area (Å²) in [5, 5.41) is 10.4. The van der Waals surface area contributed by atoms with Gasteiger partial charge in [-0.1, -0.05) is 23.8 Å². The number of nitrogens with zero attached hydrogens (tertiary/aromatic N) is 1. The molecule has 4 aliphatic rings. The highest BCUT2D eigenvalue weighted by molar-refractivity contribution is 6.23. The zero-order valence-corrected chi connectivity index (χ0v) is 21.1. The Bertz CT molecular complexity index is 1300. The van der Waals surface area contributed by atoms with E-state index in [-0.39, 0.29) is 41.5 Å². The Morgan fingerprint density at radius 1 is 0.943 bits per heavy atom. The van der Waals surface area contributed by atoms with Gasteiger partial charge >= 0.3 is 0 Å². The molecule has 1 aliphatic heterocycles. The Morgan fingerprint density at radius 3 is 2.17 bits per heavy atom. The number of Topliss-reactive ketones (excluding diaryl/α,β-unsaturated/α-hetero) is 1. The summed E-state index contributed by atoms with van der Waals surface area (Å²) in [4.78, 5) is 55.0. The molecular formula is C29H31NO5. The zero-order chi connectivity index (χ0) is 25.6. The molecular weight excluding hydrogens is 442 g/mol. The van der Waals surface area contributed by atoms with Crippen molar-refractivity contribution < 1.29 is 24.3 Å². The van der Waals surface area contributed by atoms with E-state index in [1.165, 1.54) is 11.0 Å². The molecule has 5 rings (SSSR count). The first kappa shape index (κ1) is 23.5. The number of ketones is 2. The SMILES string of the molecule is CC1=CC(=O)C2=C(C1=O)C(c1cc(C)c(O)c(C)c1)C1=CCC3C(=O)N(C(C)(C)C)C(=O)C3C1C2. The Balaban J connectivity index is 1.71. The van der Waals surface area contributed by atoms with E-state index in [0.717, 1.165) is 11.1 Å². The van der Waals surface area contributed by atoms with Crippen LogP contribution in [0.4, 0.5) is 0 Å². The van der Waals surface area contributed by atoms with Crippen molar-refractivity contribution in [1.29, 1.82) is 0 Å². The molecule has 3 aliphatic carbocycles. The summed E-state index contributed by atoms with van der Waals surface area (Å²) in [5.41, 5.74) is 3.83. The molecule has 4 atom stereocenters. The fourth-order valence-electron chi connectivity index (χ4n) is 6.56. The molecule has 1 heterocycles. The lowest BCUT2D eigenvalue weighted by molar-refractivity contribution is -0.145. The van der Waals surface area contributed by atoms with E-state index in [4.69, 9.17) is 0 Å². The average Bonchev–Trinajstić information content (AvgIpc) is 3.04. The molecule has 1 N–H and O–H groups in total. The normalized spacial score (nSPS) is 28.6. The maximum absolute atomic E-state index is 13.7. The number of aryl methyl sites for hydroxylation is 2. The Hall–Kier alpha value is -3.28. The van der Waals surface area contributed by atoms with E-state index in [1.54, 1.807) is 6.92 Å². The first-order chi connectivity index (χ1) is 16.3. The molecule has 0 bridgehead atoms. The number of hydrogen-bond donors (Lipinski definition) is 1. The molecule has 2 amide bonds. The van der Waals surface area contributed by atoms with Gasteiger partial charge < -0.3 is 5.11 Å². The van der Waals surface area contributed by atoms with Crippen molar-refractivity contribution in [2.75, 3.05) is 0 Å². The minimum absolute atomic E-state index is 0.153. The van der Waals surface area contributed by atoms with Gasteiger partial charge in [0.2, 0.25) is 11.8 Å². The van der Waals surface area contributed by atoms with E-state index in [0.29, 0.717) is 34.3 Å². The van der Waals surface area contributed by atoms with E-state index in [9.17, 15) is 24.3 Å². The van der Waals surface area contributed by atoms with Crippen molar-refractivity contribution in [3.63, 3.8) is 0 Å².